The zero-order chi connectivity index (χ0) is 19.0. The Bertz CT molecular complexity index is 1190. The largest absolute Gasteiger partial charge is 0.382 e. The van der Waals surface area contributed by atoms with Gasteiger partial charge >= 0.3 is 0 Å². The van der Waals surface area contributed by atoms with Gasteiger partial charge in [-0.05, 0) is 42.5 Å². The molecule has 2 aromatic carbocycles. The standard InChI is InChI=1S/C18H13F2N7/c19-11-7-12(20)9-13(8-11)23-18-16-2-1-5-27(16)15-4-3-10(6-14(15)24-18)17(21)25-26-22/h1-9H,(H,23,24)(H3,21,22,25). The molecule has 4 aromatic rings. The molecule has 0 fully saturated rings. The van der Waals surface area contributed by atoms with Crippen molar-refractivity contribution in [2.45, 2.75) is 0 Å². The van der Waals surface area contributed by atoms with Crippen molar-refractivity contribution in [3.63, 3.8) is 0 Å². The maximum Gasteiger partial charge on any atom is 0.155 e. The van der Waals surface area contributed by atoms with Crippen LogP contribution in [0.2, 0.25) is 0 Å². The van der Waals surface area contributed by atoms with Crippen LogP contribution in [0.4, 0.5) is 20.3 Å². The fraction of sp³-hybridized carbons (Fsp3) is 0. The second kappa shape index (κ2) is 6.45. The molecular weight excluding hydrogens is 352 g/mol. The quantitative estimate of drug-likeness (QED) is 0.219. The zero-order valence-electron chi connectivity index (χ0n) is 13.8. The average molecular weight is 365 g/mol. The van der Waals surface area contributed by atoms with Crippen molar-refractivity contribution in [1.82, 2.24) is 9.38 Å². The number of fused-ring (bicyclic) bond motifs is 3. The minimum absolute atomic E-state index is 0.0861. The molecule has 7 nitrogen and oxygen atoms in total. The molecule has 0 saturated heterocycles. The van der Waals surface area contributed by atoms with Crippen LogP contribution in [0.3, 0.4) is 0 Å². The summed E-state index contributed by atoms with van der Waals surface area (Å²) in [5.74, 6) is -0.858. The Balaban J connectivity index is 1.89. The van der Waals surface area contributed by atoms with Gasteiger partial charge in [-0.25, -0.2) is 13.8 Å². The molecule has 0 radical (unpaired) electrons. The van der Waals surface area contributed by atoms with E-state index in [9.17, 15) is 8.78 Å². The van der Waals surface area contributed by atoms with Crippen LogP contribution in [-0.4, -0.2) is 15.2 Å². The van der Waals surface area contributed by atoms with E-state index in [-0.39, 0.29) is 11.5 Å². The summed E-state index contributed by atoms with van der Waals surface area (Å²) < 4.78 is 28.9. The van der Waals surface area contributed by atoms with Gasteiger partial charge < -0.3 is 15.5 Å². The number of benzene rings is 2. The number of aromatic nitrogens is 2. The summed E-state index contributed by atoms with van der Waals surface area (Å²) >= 11 is 0. The lowest BCUT2D eigenvalue weighted by molar-refractivity contribution is 0.584. The van der Waals surface area contributed by atoms with Gasteiger partial charge in [0.2, 0.25) is 0 Å². The number of anilines is 2. The van der Waals surface area contributed by atoms with E-state index in [1.54, 1.807) is 12.1 Å². The lowest BCUT2D eigenvalue weighted by atomic mass is 10.1. The maximum atomic E-state index is 13.5. The molecule has 4 N–H and O–H groups in total. The maximum absolute atomic E-state index is 13.5. The van der Waals surface area contributed by atoms with Crippen molar-refractivity contribution < 1.29 is 8.78 Å². The Morgan fingerprint density at radius 2 is 1.85 bits per heavy atom. The molecule has 2 heterocycles. The second-order valence-electron chi connectivity index (χ2n) is 5.80. The molecule has 9 heteroatoms. The summed E-state index contributed by atoms with van der Waals surface area (Å²) in [4.78, 5) is 4.57. The van der Waals surface area contributed by atoms with E-state index >= 15 is 0 Å². The van der Waals surface area contributed by atoms with Crippen LogP contribution in [-0.2, 0) is 0 Å². The Kier molecular flexibility index (Phi) is 3.96. The first-order chi connectivity index (χ1) is 13.0. The third kappa shape index (κ3) is 3.06. The van der Waals surface area contributed by atoms with Crippen molar-refractivity contribution >= 4 is 33.9 Å². The molecule has 27 heavy (non-hydrogen) atoms. The van der Waals surface area contributed by atoms with Crippen molar-refractivity contribution in [1.29, 1.82) is 5.53 Å². The fourth-order valence-corrected chi connectivity index (χ4v) is 2.90. The molecule has 4 rings (SSSR count). The average Bonchev–Trinajstić information content (AvgIpc) is 3.11. The molecule has 2 aromatic heterocycles. The van der Waals surface area contributed by atoms with Gasteiger partial charge in [-0.1, -0.05) is 5.22 Å². The van der Waals surface area contributed by atoms with Crippen molar-refractivity contribution in [2.24, 2.45) is 16.1 Å². The molecule has 0 aliphatic heterocycles. The van der Waals surface area contributed by atoms with Crippen LogP contribution in [0.1, 0.15) is 5.56 Å². The van der Waals surface area contributed by atoms with E-state index in [4.69, 9.17) is 11.3 Å². The second-order valence-corrected chi connectivity index (χ2v) is 5.80. The Morgan fingerprint density at radius 1 is 1.07 bits per heavy atom. The third-order valence-corrected chi connectivity index (χ3v) is 4.04. The SMILES string of the molecule is N=NN=C(N)c1ccc2c(c1)nc(Nc1cc(F)cc(F)c1)c1cccn12. The van der Waals surface area contributed by atoms with E-state index in [1.165, 1.54) is 12.1 Å². The highest BCUT2D eigenvalue weighted by molar-refractivity contribution is 6.00. The Morgan fingerprint density at radius 3 is 2.59 bits per heavy atom. The van der Waals surface area contributed by atoms with Gasteiger partial charge in [0.1, 0.15) is 11.6 Å². The summed E-state index contributed by atoms with van der Waals surface area (Å²) in [5.41, 5.74) is 15.5. The zero-order valence-corrected chi connectivity index (χ0v) is 13.8. The first-order valence-electron chi connectivity index (χ1n) is 7.89. The number of nitrogens with one attached hydrogen (secondary N) is 2. The summed E-state index contributed by atoms with van der Waals surface area (Å²) in [5, 5.41) is 9.40. The van der Waals surface area contributed by atoms with Crippen LogP contribution in [0.15, 0.2) is 65.1 Å². The molecule has 134 valence electrons. The van der Waals surface area contributed by atoms with Crippen LogP contribution < -0.4 is 11.1 Å². The van der Waals surface area contributed by atoms with Crippen LogP contribution in [0.5, 0.6) is 0 Å². The number of hydrogen-bond donors (Lipinski definition) is 3. The summed E-state index contributed by atoms with van der Waals surface area (Å²) in [6.07, 6.45) is 1.85. The smallest absolute Gasteiger partial charge is 0.155 e. The number of amidine groups is 1. The molecule has 0 aliphatic rings. The minimum atomic E-state index is -0.685. The van der Waals surface area contributed by atoms with Gasteiger partial charge in [0.15, 0.2) is 11.7 Å². The van der Waals surface area contributed by atoms with E-state index < -0.39 is 11.6 Å². The van der Waals surface area contributed by atoms with Gasteiger partial charge in [0.05, 0.1) is 16.6 Å². The van der Waals surface area contributed by atoms with Crippen LogP contribution in [0.25, 0.3) is 16.6 Å². The highest BCUT2D eigenvalue weighted by Gasteiger charge is 2.11. The van der Waals surface area contributed by atoms with E-state index in [0.717, 1.165) is 17.1 Å². The van der Waals surface area contributed by atoms with Crippen molar-refractivity contribution in [2.75, 3.05) is 5.32 Å². The normalized spacial score (nSPS) is 11.9. The monoisotopic (exact) mass is 365 g/mol. The van der Waals surface area contributed by atoms with Gasteiger partial charge in [0.25, 0.3) is 0 Å². The lowest BCUT2D eigenvalue weighted by Crippen LogP contribution is -2.12. The van der Waals surface area contributed by atoms with Crippen LogP contribution >= 0.6 is 0 Å². The number of halogens is 2. The van der Waals surface area contributed by atoms with Gasteiger partial charge in [0, 0.05) is 23.5 Å². The van der Waals surface area contributed by atoms with E-state index in [1.807, 2.05) is 28.8 Å². The lowest BCUT2D eigenvalue weighted by Gasteiger charge is -2.12. The fourth-order valence-electron chi connectivity index (χ4n) is 2.90. The highest BCUT2D eigenvalue weighted by Crippen LogP contribution is 2.26. The molecule has 0 atom stereocenters. The summed E-state index contributed by atoms with van der Waals surface area (Å²) in [7, 11) is 0. The number of hydrogen-bond acceptors (Lipinski definition) is 4. The molecule has 0 unspecified atom stereocenters. The molecule has 0 aliphatic carbocycles. The summed E-state index contributed by atoms with van der Waals surface area (Å²) in [6, 6.07) is 12.1. The molecule has 0 spiro atoms. The predicted molar refractivity (Wildman–Crippen MR) is 98.2 cm³/mol. The molecule has 0 amide bonds. The van der Waals surface area contributed by atoms with E-state index in [2.05, 4.69) is 20.6 Å². The number of rotatable bonds is 4. The van der Waals surface area contributed by atoms with Crippen molar-refractivity contribution in [3.8, 4) is 0 Å². The van der Waals surface area contributed by atoms with Crippen LogP contribution in [0, 0.1) is 17.2 Å². The molecule has 0 saturated carbocycles. The number of nitrogens with zero attached hydrogens (tertiary/aromatic N) is 4. The molecular formula is C18H13F2N7. The Hall–Kier alpha value is -3.88. The highest BCUT2D eigenvalue weighted by atomic mass is 19.1. The predicted octanol–water partition coefficient (Wildman–Crippen LogP) is 4.16. The third-order valence-electron chi connectivity index (χ3n) is 4.04. The Labute approximate surface area is 151 Å². The minimum Gasteiger partial charge on any atom is -0.382 e. The van der Waals surface area contributed by atoms with Gasteiger partial charge in [-0.15, -0.1) is 5.10 Å². The first-order valence-corrected chi connectivity index (χ1v) is 7.89. The summed E-state index contributed by atoms with van der Waals surface area (Å²) in [6.45, 7) is 0. The van der Waals surface area contributed by atoms with Gasteiger partial charge in [-0.2, -0.15) is 5.53 Å². The van der Waals surface area contributed by atoms with Crippen molar-refractivity contribution in [3.05, 3.63) is 71.9 Å². The first kappa shape index (κ1) is 16.6. The molecule has 0 bridgehead atoms. The number of nitrogens with two attached hydrogens (primary N) is 1. The topological polar surface area (TPSA) is 104 Å². The van der Waals surface area contributed by atoms with E-state index in [0.29, 0.717) is 16.9 Å². The van der Waals surface area contributed by atoms with Gasteiger partial charge in [-0.3, -0.25) is 0 Å².